The largest absolute Gasteiger partial charge is 0.460 e. The number of carbonyl (C=O) groups excluding carboxylic acids is 2. The first-order valence-electron chi connectivity index (χ1n) is 7.42. The third-order valence-corrected chi connectivity index (χ3v) is 3.83. The number of amides is 1. The van der Waals surface area contributed by atoms with Gasteiger partial charge in [-0.3, -0.25) is 9.69 Å². The van der Waals surface area contributed by atoms with Gasteiger partial charge >= 0.3 is 6.09 Å². The topological polar surface area (TPSA) is 74.3 Å². The maximum absolute atomic E-state index is 12.3. The quantitative estimate of drug-likeness (QED) is 0.785. The second-order valence-corrected chi connectivity index (χ2v) is 5.95. The maximum Gasteiger partial charge on any atom is 0.412 e. The second-order valence-electron chi connectivity index (χ2n) is 5.95. The fourth-order valence-electron chi connectivity index (χ4n) is 2.85. The smallest absolute Gasteiger partial charge is 0.412 e. The zero-order chi connectivity index (χ0) is 16.4. The minimum atomic E-state index is -0.849. The molecule has 7 heteroatoms. The van der Waals surface area contributed by atoms with Gasteiger partial charge in [-0.2, -0.15) is 0 Å². The van der Waals surface area contributed by atoms with E-state index in [0.717, 1.165) is 5.56 Å². The summed E-state index contributed by atoms with van der Waals surface area (Å²) in [5, 5.41) is 0. The normalized spacial score (nSPS) is 28.3. The first-order chi connectivity index (χ1) is 11.0. The van der Waals surface area contributed by atoms with E-state index in [9.17, 15) is 9.59 Å². The van der Waals surface area contributed by atoms with Crippen molar-refractivity contribution in [2.75, 3.05) is 6.54 Å². The monoisotopic (exact) mass is 321 g/mol. The lowest BCUT2D eigenvalue weighted by molar-refractivity contribution is -0.178. The fraction of sp³-hybridized carbons (Fsp3) is 0.500. The standard InChI is InChI=1S/C16H19NO6/c1-16(2)22-13-12(21-10-18)8-17(14(13)23-16)15(19)20-9-11-6-4-3-5-7-11/h3-7,10,12-14H,8-9H2,1-2H3/t12-,13+,14+/m1/s1. The first kappa shape index (κ1) is 15.8. The van der Waals surface area contributed by atoms with Gasteiger partial charge in [0.25, 0.3) is 6.47 Å². The van der Waals surface area contributed by atoms with E-state index in [1.54, 1.807) is 13.8 Å². The number of ether oxygens (including phenoxy) is 4. The molecule has 2 saturated heterocycles. The Morgan fingerprint density at radius 3 is 2.78 bits per heavy atom. The van der Waals surface area contributed by atoms with Crippen molar-refractivity contribution in [2.24, 2.45) is 0 Å². The van der Waals surface area contributed by atoms with Crippen molar-refractivity contribution >= 4 is 12.6 Å². The van der Waals surface area contributed by atoms with Crippen LogP contribution in [0.2, 0.25) is 0 Å². The third-order valence-electron chi connectivity index (χ3n) is 3.83. The molecule has 2 fully saturated rings. The highest BCUT2D eigenvalue weighted by Gasteiger charge is 2.56. The molecule has 1 amide bonds. The Morgan fingerprint density at radius 1 is 1.35 bits per heavy atom. The van der Waals surface area contributed by atoms with Crippen LogP contribution >= 0.6 is 0 Å². The van der Waals surface area contributed by atoms with Crippen LogP contribution < -0.4 is 0 Å². The number of fused-ring (bicyclic) bond motifs is 1. The lowest BCUT2D eigenvalue weighted by atomic mass is 10.2. The fourth-order valence-corrected chi connectivity index (χ4v) is 2.85. The van der Waals surface area contributed by atoms with Gasteiger partial charge in [0.15, 0.2) is 12.0 Å². The van der Waals surface area contributed by atoms with Gasteiger partial charge in [0, 0.05) is 0 Å². The minimum absolute atomic E-state index is 0.164. The number of nitrogens with zero attached hydrogens (tertiary/aromatic N) is 1. The molecule has 0 bridgehead atoms. The molecule has 1 aromatic rings. The van der Waals surface area contributed by atoms with Crippen LogP contribution in [0.15, 0.2) is 30.3 Å². The minimum Gasteiger partial charge on any atom is -0.460 e. The molecular formula is C16H19NO6. The molecule has 2 aliphatic rings. The third kappa shape index (κ3) is 3.30. The van der Waals surface area contributed by atoms with Gasteiger partial charge < -0.3 is 18.9 Å². The molecule has 7 nitrogen and oxygen atoms in total. The summed E-state index contributed by atoms with van der Waals surface area (Å²) < 4.78 is 21.8. The van der Waals surface area contributed by atoms with Crippen LogP contribution in [0.5, 0.6) is 0 Å². The summed E-state index contributed by atoms with van der Waals surface area (Å²) in [5.41, 5.74) is 0.890. The summed E-state index contributed by atoms with van der Waals surface area (Å²) in [6.45, 7) is 4.19. The molecule has 0 N–H and O–H groups in total. The summed E-state index contributed by atoms with van der Waals surface area (Å²) in [4.78, 5) is 24.4. The Bertz CT molecular complexity index is 575. The Balaban J connectivity index is 1.66. The molecule has 0 aromatic heterocycles. The summed E-state index contributed by atoms with van der Waals surface area (Å²) >= 11 is 0. The van der Waals surface area contributed by atoms with Gasteiger partial charge in [-0.05, 0) is 19.4 Å². The molecule has 2 aliphatic heterocycles. The van der Waals surface area contributed by atoms with Crippen molar-refractivity contribution in [3.05, 3.63) is 35.9 Å². The van der Waals surface area contributed by atoms with Crippen LogP contribution in [0.25, 0.3) is 0 Å². The molecule has 0 spiro atoms. The molecule has 0 radical (unpaired) electrons. The van der Waals surface area contributed by atoms with Crippen LogP contribution in [-0.4, -0.2) is 48.2 Å². The Labute approximate surface area is 134 Å². The average molecular weight is 321 g/mol. The summed E-state index contributed by atoms with van der Waals surface area (Å²) in [6.07, 6.45) is -2.23. The van der Waals surface area contributed by atoms with Gasteiger partial charge in [-0.15, -0.1) is 0 Å². The Morgan fingerprint density at radius 2 is 2.09 bits per heavy atom. The number of hydrogen-bond acceptors (Lipinski definition) is 6. The van der Waals surface area contributed by atoms with Crippen LogP contribution in [0.3, 0.4) is 0 Å². The molecule has 23 heavy (non-hydrogen) atoms. The van der Waals surface area contributed by atoms with Crippen LogP contribution in [-0.2, 0) is 30.3 Å². The van der Waals surface area contributed by atoms with E-state index < -0.39 is 30.3 Å². The zero-order valence-corrected chi connectivity index (χ0v) is 13.0. The van der Waals surface area contributed by atoms with E-state index in [2.05, 4.69) is 0 Å². The number of rotatable bonds is 4. The number of benzene rings is 1. The lowest BCUT2D eigenvalue weighted by Crippen LogP contribution is -2.40. The summed E-state index contributed by atoms with van der Waals surface area (Å²) in [6, 6.07) is 9.38. The van der Waals surface area contributed by atoms with Gasteiger partial charge in [0.05, 0.1) is 6.54 Å². The lowest BCUT2D eigenvalue weighted by Gasteiger charge is -2.25. The van der Waals surface area contributed by atoms with Crippen LogP contribution in [0.1, 0.15) is 19.4 Å². The predicted molar refractivity (Wildman–Crippen MR) is 78.1 cm³/mol. The van der Waals surface area contributed by atoms with Crippen LogP contribution in [0.4, 0.5) is 4.79 Å². The molecule has 2 heterocycles. The molecular weight excluding hydrogens is 302 g/mol. The van der Waals surface area contributed by atoms with Crippen LogP contribution in [0, 0.1) is 0 Å². The zero-order valence-electron chi connectivity index (χ0n) is 13.0. The molecule has 0 saturated carbocycles. The van der Waals surface area contributed by atoms with Crippen molar-refractivity contribution in [3.63, 3.8) is 0 Å². The summed E-state index contributed by atoms with van der Waals surface area (Å²) in [5.74, 6) is -0.849. The predicted octanol–water partition coefficient (Wildman–Crippen LogP) is 1.66. The second kappa shape index (κ2) is 6.17. The first-order valence-corrected chi connectivity index (χ1v) is 7.42. The van der Waals surface area contributed by atoms with Crippen molar-refractivity contribution in [2.45, 2.75) is 44.7 Å². The van der Waals surface area contributed by atoms with Gasteiger partial charge in [-0.1, -0.05) is 30.3 Å². The van der Waals surface area contributed by atoms with Crippen molar-refractivity contribution in [3.8, 4) is 0 Å². The van der Waals surface area contributed by atoms with E-state index in [4.69, 9.17) is 18.9 Å². The van der Waals surface area contributed by atoms with E-state index in [1.165, 1.54) is 4.90 Å². The number of hydrogen-bond donors (Lipinski definition) is 0. The SMILES string of the molecule is CC1(C)O[C@H]2[C@H](OC=O)CN(C(=O)OCc3ccccc3)[C@H]2O1. The van der Waals surface area contributed by atoms with Crippen molar-refractivity contribution < 1.29 is 28.5 Å². The van der Waals surface area contributed by atoms with E-state index in [0.29, 0.717) is 6.47 Å². The highest BCUT2D eigenvalue weighted by Crippen LogP contribution is 2.37. The molecule has 0 unspecified atom stereocenters. The molecule has 3 rings (SSSR count). The maximum atomic E-state index is 12.3. The number of likely N-dealkylation sites (tertiary alicyclic amines) is 1. The van der Waals surface area contributed by atoms with Crippen molar-refractivity contribution in [1.29, 1.82) is 0 Å². The van der Waals surface area contributed by atoms with Gasteiger partial charge in [0.2, 0.25) is 0 Å². The Kier molecular flexibility index (Phi) is 4.23. The molecule has 0 aliphatic carbocycles. The van der Waals surface area contributed by atoms with E-state index in [-0.39, 0.29) is 13.2 Å². The van der Waals surface area contributed by atoms with E-state index >= 15 is 0 Å². The highest BCUT2D eigenvalue weighted by atomic mass is 16.8. The van der Waals surface area contributed by atoms with E-state index in [1.807, 2.05) is 30.3 Å². The molecule has 1 aromatic carbocycles. The average Bonchev–Trinajstić information content (AvgIpc) is 3.00. The molecule has 124 valence electrons. The van der Waals surface area contributed by atoms with Gasteiger partial charge in [-0.25, -0.2) is 4.79 Å². The summed E-state index contributed by atoms with van der Waals surface area (Å²) in [7, 11) is 0. The highest BCUT2D eigenvalue weighted by molar-refractivity contribution is 5.68. The van der Waals surface area contributed by atoms with Crippen molar-refractivity contribution in [1.82, 2.24) is 4.90 Å². The number of carbonyl (C=O) groups is 2. The molecule has 3 atom stereocenters. The Hall–Kier alpha value is -2.12. The van der Waals surface area contributed by atoms with Gasteiger partial charge in [0.1, 0.15) is 18.8 Å².